The summed E-state index contributed by atoms with van der Waals surface area (Å²) in [5, 5.41) is 3.92. The summed E-state index contributed by atoms with van der Waals surface area (Å²) in [5.41, 5.74) is 2.08. The lowest BCUT2D eigenvalue weighted by atomic mass is 10.1. The van der Waals surface area contributed by atoms with E-state index in [0.29, 0.717) is 17.2 Å². The highest BCUT2D eigenvalue weighted by Gasteiger charge is 2.20. The molecule has 2 aromatic rings. The maximum atomic E-state index is 12.5. The molecule has 8 heteroatoms. The highest BCUT2D eigenvalue weighted by atomic mass is 16.7. The highest BCUT2D eigenvalue weighted by molar-refractivity contribution is 5.99. The summed E-state index contributed by atoms with van der Waals surface area (Å²) in [6.07, 6.45) is 0. The number of rotatable bonds is 8. The summed E-state index contributed by atoms with van der Waals surface area (Å²) in [5.74, 6) is 0.312. The van der Waals surface area contributed by atoms with Crippen LogP contribution in [0.15, 0.2) is 53.7 Å². The van der Waals surface area contributed by atoms with Crippen molar-refractivity contribution in [1.82, 2.24) is 0 Å². The smallest absolute Gasteiger partial charge is 0.347 e. The van der Waals surface area contributed by atoms with Crippen LogP contribution >= 0.6 is 0 Å². The second kappa shape index (κ2) is 9.78. The molecule has 158 valence electrons. The molecule has 1 aliphatic heterocycles. The summed E-state index contributed by atoms with van der Waals surface area (Å²) in [6, 6.07) is 14.5. The second-order valence-electron chi connectivity index (χ2n) is 6.87. The van der Waals surface area contributed by atoms with Crippen LogP contribution in [-0.4, -0.2) is 43.6 Å². The number of hydrogen-bond acceptors (Lipinski definition) is 7. The van der Waals surface area contributed by atoms with Gasteiger partial charge in [0.1, 0.15) is 0 Å². The van der Waals surface area contributed by atoms with E-state index in [2.05, 4.69) is 5.16 Å². The van der Waals surface area contributed by atoms with Crippen molar-refractivity contribution in [2.45, 2.75) is 26.8 Å². The van der Waals surface area contributed by atoms with E-state index in [-0.39, 0.29) is 25.3 Å². The molecular formula is C22H24N2O6. The summed E-state index contributed by atoms with van der Waals surface area (Å²) in [4.78, 5) is 31.1. The van der Waals surface area contributed by atoms with Crippen LogP contribution in [0.4, 0.5) is 5.69 Å². The average molecular weight is 412 g/mol. The van der Waals surface area contributed by atoms with Crippen molar-refractivity contribution < 1.29 is 28.6 Å². The zero-order chi connectivity index (χ0) is 21.5. The van der Waals surface area contributed by atoms with Crippen molar-refractivity contribution in [1.29, 1.82) is 0 Å². The number of hydrogen-bond donors (Lipinski definition) is 0. The fraction of sp³-hybridized carbons (Fsp3) is 0.318. The second-order valence-corrected chi connectivity index (χ2v) is 6.87. The van der Waals surface area contributed by atoms with Gasteiger partial charge in [-0.3, -0.25) is 4.79 Å². The minimum atomic E-state index is -0.678. The summed E-state index contributed by atoms with van der Waals surface area (Å²) in [6.45, 7) is 4.94. The third-order valence-corrected chi connectivity index (χ3v) is 4.35. The molecule has 8 nitrogen and oxygen atoms in total. The lowest BCUT2D eigenvalue weighted by molar-refractivity contribution is -0.152. The fourth-order valence-electron chi connectivity index (χ4n) is 2.93. The first-order valence-electron chi connectivity index (χ1n) is 9.55. The predicted octanol–water partition coefficient (Wildman–Crippen LogP) is 3.14. The number of fused-ring (bicyclic) bond motifs is 1. The third-order valence-electron chi connectivity index (χ3n) is 4.35. The number of amides is 1. The summed E-state index contributed by atoms with van der Waals surface area (Å²) in [7, 11) is 0. The maximum absolute atomic E-state index is 12.5. The molecule has 30 heavy (non-hydrogen) atoms. The molecule has 0 saturated carbocycles. The van der Waals surface area contributed by atoms with E-state index in [1.165, 1.54) is 0 Å². The molecule has 0 saturated heterocycles. The van der Waals surface area contributed by atoms with E-state index in [1.54, 1.807) is 24.0 Å². The van der Waals surface area contributed by atoms with Crippen LogP contribution in [0.3, 0.4) is 0 Å². The van der Waals surface area contributed by atoms with Crippen molar-refractivity contribution in [2.24, 2.45) is 5.16 Å². The lowest BCUT2D eigenvalue weighted by Gasteiger charge is -2.26. The predicted molar refractivity (Wildman–Crippen MR) is 111 cm³/mol. The van der Waals surface area contributed by atoms with Gasteiger partial charge >= 0.3 is 5.97 Å². The van der Waals surface area contributed by atoms with Gasteiger partial charge in [-0.2, -0.15) is 0 Å². The van der Waals surface area contributed by atoms with Crippen molar-refractivity contribution >= 4 is 23.3 Å². The highest BCUT2D eigenvalue weighted by Crippen LogP contribution is 2.32. The van der Waals surface area contributed by atoms with Gasteiger partial charge in [-0.05, 0) is 51.1 Å². The lowest BCUT2D eigenvalue weighted by Crippen LogP contribution is -2.40. The van der Waals surface area contributed by atoms with Gasteiger partial charge in [0.25, 0.3) is 5.91 Å². The van der Waals surface area contributed by atoms with E-state index >= 15 is 0 Å². The number of oxime groups is 1. The van der Waals surface area contributed by atoms with Crippen molar-refractivity contribution in [2.75, 3.05) is 24.9 Å². The van der Waals surface area contributed by atoms with Crippen molar-refractivity contribution in [3.63, 3.8) is 0 Å². The quantitative estimate of drug-likeness (QED) is 0.376. The van der Waals surface area contributed by atoms with Crippen LogP contribution < -0.4 is 14.4 Å². The molecule has 0 radical (unpaired) electrons. The van der Waals surface area contributed by atoms with Crippen molar-refractivity contribution in [3.05, 3.63) is 54.1 Å². The Kier molecular flexibility index (Phi) is 6.90. The van der Waals surface area contributed by atoms with Crippen LogP contribution in [-0.2, 0) is 19.2 Å². The first kappa shape index (κ1) is 21.2. The Morgan fingerprint density at radius 2 is 1.80 bits per heavy atom. The van der Waals surface area contributed by atoms with E-state index in [9.17, 15) is 9.59 Å². The molecule has 0 unspecified atom stereocenters. The Hall–Kier alpha value is -3.55. The van der Waals surface area contributed by atoms with Crippen LogP contribution in [0.25, 0.3) is 0 Å². The molecular weight excluding hydrogens is 388 g/mol. The van der Waals surface area contributed by atoms with E-state index in [4.69, 9.17) is 19.0 Å². The van der Waals surface area contributed by atoms with E-state index in [1.807, 2.05) is 50.2 Å². The number of carbonyl (C=O) groups is 2. The number of benzene rings is 2. The van der Waals surface area contributed by atoms with Crippen LogP contribution in [0, 0.1) is 0 Å². The standard InChI is InChI=1S/C22H24N2O6/c1-15(2)24(18-7-5-4-6-8-18)21(25)12-27-22(26)13-30-23-16(3)17-9-10-19-20(11-17)29-14-28-19/h4-11,15H,12-14H2,1-3H3/b23-16-. The minimum absolute atomic E-state index is 0.0798. The number of anilines is 1. The Balaban J connectivity index is 1.48. The summed E-state index contributed by atoms with van der Waals surface area (Å²) >= 11 is 0. The molecule has 1 heterocycles. The SMILES string of the molecule is C/C(=N/OCC(=O)OCC(=O)N(c1ccccc1)C(C)C)c1ccc2c(c1)OCO2. The van der Waals surface area contributed by atoms with Gasteiger partial charge < -0.3 is 23.9 Å². The van der Waals surface area contributed by atoms with Gasteiger partial charge in [0.2, 0.25) is 13.4 Å². The average Bonchev–Trinajstić information content (AvgIpc) is 3.20. The minimum Gasteiger partial charge on any atom is -0.454 e. The molecule has 0 N–H and O–H groups in total. The molecule has 3 rings (SSSR count). The Morgan fingerprint density at radius 3 is 2.53 bits per heavy atom. The zero-order valence-corrected chi connectivity index (χ0v) is 17.2. The van der Waals surface area contributed by atoms with Gasteiger partial charge in [-0.1, -0.05) is 23.4 Å². The van der Waals surface area contributed by atoms with Crippen LogP contribution in [0.1, 0.15) is 26.3 Å². The zero-order valence-electron chi connectivity index (χ0n) is 17.2. The van der Waals surface area contributed by atoms with Crippen LogP contribution in [0.5, 0.6) is 11.5 Å². The number of carbonyl (C=O) groups excluding carboxylic acids is 2. The normalized spacial score (nSPS) is 12.6. The van der Waals surface area contributed by atoms with Gasteiger partial charge in [0.15, 0.2) is 18.1 Å². The molecule has 0 bridgehead atoms. The van der Waals surface area contributed by atoms with E-state index in [0.717, 1.165) is 11.3 Å². The van der Waals surface area contributed by atoms with Gasteiger partial charge in [-0.25, -0.2) is 4.79 Å². The molecule has 0 atom stereocenters. The molecule has 2 aromatic carbocycles. The Morgan fingerprint density at radius 1 is 1.07 bits per heavy atom. The Labute approximate surface area is 175 Å². The van der Waals surface area contributed by atoms with Gasteiger partial charge in [-0.15, -0.1) is 0 Å². The largest absolute Gasteiger partial charge is 0.454 e. The Bertz CT molecular complexity index is 926. The first-order chi connectivity index (χ1) is 14.5. The summed E-state index contributed by atoms with van der Waals surface area (Å²) < 4.78 is 15.6. The topological polar surface area (TPSA) is 86.7 Å². The van der Waals surface area contributed by atoms with Crippen molar-refractivity contribution in [3.8, 4) is 11.5 Å². The molecule has 1 aliphatic rings. The van der Waals surface area contributed by atoms with Gasteiger partial charge in [0, 0.05) is 17.3 Å². The third kappa shape index (κ3) is 5.28. The van der Waals surface area contributed by atoms with Crippen LogP contribution in [0.2, 0.25) is 0 Å². The number of para-hydroxylation sites is 1. The number of ether oxygens (including phenoxy) is 3. The fourth-order valence-corrected chi connectivity index (χ4v) is 2.93. The van der Waals surface area contributed by atoms with Gasteiger partial charge in [0.05, 0.1) is 5.71 Å². The number of nitrogens with zero attached hydrogens (tertiary/aromatic N) is 2. The molecule has 0 aliphatic carbocycles. The first-order valence-corrected chi connectivity index (χ1v) is 9.55. The number of esters is 1. The maximum Gasteiger partial charge on any atom is 0.347 e. The molecule has 0 aromatic heterocycles. The molecule has 1 amide bonds. The van der Waals surface area contributed by atoms with E-state index < -0.39 is 12.6 Å². The molecule has 0 fully saturated rings. The molecule has 0 spiro atoms. The monoisotopic (exact) mass is 412 g/mol.